The van der Waals surface area contributed by atoms with Crippen molar-refractivity contribution in [3.8, 4) is 0 Å². The highest BCUT2D eigenvalue weighted by atomic mass is 33.5. The minimum Gasteiger partial charge on any atom is -0.348 e. The topological polar surface area (TPSA) is 36.9 Å². The summed E-state index contributed by atoms with van der Waals surface area (Å²) < 4.78 is 21.7. The number of methoxy groups -OCH3 is 4. The van der Waals surface area contributed by atoms with Crippen molar-refractivity contribution in [1.82, 2.24) is 0 Å². The first-order valence-corrected chi connectivity index (χ1v) is 14.2. The van der Waals surface area contributed by atoms with Gasteiger partial charge in [0.1, 0.15) is 19.0 Å². The van der Waals surface area contributed by atoms with Crippen LogP contribution in [0.3, 0.4) is 0 Å². The lowest BCUT2D eigenvalue weighted by atomic mass is 10.6. The Balaban J connectivity index is 4.49. The molecule has 0 N–H and O–H groups in total. The number of rotatable bonds is 14. The van der Waals surface area contributed by atoms with Crippen molar-refractivity contribution in [3.05, 3.63) is 0 Å². The third-order valence-corrected chi connectivity index (χ3v) is 15.6. The van der Waals surface area contributed by atoms with Gasteiger partial charge >= 0.3 is 0 Å². The molecule has 0 amide bonds. The van der Waals surface area contributed by atoms with Gasteiger partial charge in [-0.25, -0.2) is 0 Å². The highest BCUT2D eigenvalue weighted by Gasteiger charge is 2.35. The zero-order chi connectivity index (χ0) is 16.2. The molecule has 0 radical (unpaired) electrons. The molecule has 0 aromatic heterocycles. The third kappa shape index (κ3) is 8.12. The van der Waals surface area contributed by atoms with Crippen LogP contribution in [-0.2, 0) is 18.9 Å². The van der Waals surface area contributed by atoms with Crippen molar-refractivity contribution in [3.63, 3.8) is 0 Å². The molecule has 0 aromatic carbocycles. The fourth-order valence-electron chi connectivity index (χ4n) is 1.70. The van der Waals surface area contributed by atoms with Gasteiger partial charge in [0.05, 0.1) is 0 Å². The second-order valence-electron chi connectivity index (χ2n) is 4.62. The summed E-state index contributed by atoms with van der Waals surface area (Å²) in [5.41, 5.74) is 0. The quantitative estimate of drug-likeness (QED) is 0.256. The Morgan fingerprint density at radius 1 is 0.714 bits per heavy atom. The molecule has 128 valence electrons. The Bertz CT molecular complexity index is 231. The molecule has 0 saturated heterocycles. The molecule has 0 bridgehead atoms. The Kier molecular flexibility index (Phi) is 13.5. The van der Waals surface area contributed by atoms with E-state index in [2.05, 4.69) is 13.8 Å². The SMILES string of the molecule is CCC[SiH2]C(OC)(OC)SSSC(OC)(OC)[SiH2]CCC. The Labute approximate surface area is 146 Å². The lowest BCUT2D eigenvalue weighted by molar-refractivity contribution is -0.0727. The Hall–Kier alpha value is 1.32. The first-order chi connectivity index (χ1) is 10.1. The van der Waals surface area contributed by atoms with Crippen LogP contribution < -0.4 is 0 Å². The van der Waals surface area contributed by atoms with Gasteiger partial charge in [-0.15, -0.1) is 0 Å². The van der Waals surface area contributed by atoms with Gasteiger partial charge in [0.15, 0.2) is 9.48 Å². The first-order valence-electron chi connectivity index (χ1n) is 7.31. The summed E-state index contributed by atoms with van der Waals surface area (Å²) in [7, 11) is 11.0. The second kappa shape index (κ2) is 12.7. The van der Waals surface area contributed by atoms with Crippen LogP contribution >= 0.6 is 31.4 Å². The molecular formula is C12H30O4S3Si2. The zero-order valence-corrected chi connectivity index (χ0v) is 19.4. The van der Waals surface area contributed by atoms with Crippen LogP contribution in [-0.4, -0.2) is 57.0 Å². The summed E-state index contributed by atoms with van der Waals surface area (Å²) in [4.78, 5) is 0. The summed E-state index contributed by atoms with van der Waals surface area (Å²) in [5.74, 6) is 0. The molecular weight excluding hydrogens is 361 g/mol. The van der Waals surface area contributed by atoms with Gasteiger partial charge in [-0.1, -0.05) is 38.8 Å². The summed E-state index contributed by atoms with van der Waals surface area (Å²) in [6.07, 6.45) is 2.37. The van der Waals surface area contributed by atoms with Crippen molar-refractivity contribution in [2.45, 2.75) is 48.3 Å². The minimum atomic E-state index is -0.460. The van der Waals surface area contributed by atoms with Gasteiger partial charge in [-0.2, -0.15) is 0 Å². The van der Waals surface area contributed by atoms with Gasteiger partial charge < -0.3 is 18.9 Å². The lowest BCUT2D eigenvalue weighted by Crippen LogP contribution is -2.37. The van der Waals surface area contributed by atoms with E-state index in [4.69, 9.17) is 18.9 Å². The minimum absolute atomic E-state index is 0.451. The molecule has 0 aliphatic rings. The molecule has 0 spiro atoms. The van der Waals surface area contributed by atoms with E-state index in [1.165, 1.54) is 24.9 Å². The first kappa shape index (κ1) is 22.3. The summed E-state index contributed by atoms with van der Waals surface area (Å²) in [6, 6.07) is 2.42. The van der Waals surface area contributed by atoms with Crippen LogP contribution in [0.15, 0.2) is 0 Å². The smallest absolute Gasteiger partial charge is 0.200 e. The maximum absolute atomic E-state index is 5.65. The summed E-state index contributed by atoms with van der Waals surface area (Å²) in [5, 5.41) is 0. The van der Waals surface area contributed by atoms with Crippen LogP contribution in [0.2, 0.25) is 12.1 Å². The number of hydrogen-bond acceptors (Lipinski definition) is 7. The van der Waals surface area contributed by atoms with Crippen molar-refractivity contribution >= 4 is 50.5 Å². The maximum Gasteiger partial charge on any atom is 0.200 e. The molecule has 0 fully saturated rings. The van der Waals surface area contributed by atoms with E-state index in [1.54, 1.807) is 59.9 Å². The van der Waals surface area contributed by atoms with E-state index in [0.29, 0.717) is 0 Å². The van der Waals surface area contributed by atoms with Crippen LogP contribution in [0.4, 0.5) is 0 Å². The monoisotopic (exact) mass is 390 g/mol. The second-order valence-corrected chi connectivity index (χ2v) is 14.3. The standard InChI is InChI=1S/C12H30O4S3Si2/c1-7-9-20-11(13-3,14-4)17-19-18-12(15-5,16-6)21-10-8-2/h7-10,20-21H2,1-6H3. The van der Waals surface area contributed by atoms with E-state index < -0.39 is 28.5 Å². The average Bonchev–Trinajstić information content (AvgIpc) is 2.54. The van der Waals surface area contributed by atoms with E-state index >= 15 is 0 Å². The van der Waals surface area contributed by atoms with Crippen LogP contribution in [0, 0.1) is 0 Å². The lowest BCUT2D eigenvalue weighted by Gasteiger charge is -2.32. The Morgan fingerprint density at radius 3 is 1.29 bits per heavy atom. The number of ether oxygens (including phenoxy) is 4. The predicted molar refractivity (Wildman–Crippen MR) is 104 cm³/mol. The van der Waals surface area contributed by atoms with E-state index in [-0.39, 0.29) is 0 Å². The molecule has 0 rings (SSSR count). The van der Waals surface area contributed by atoms with E-state index in [9.17, 15) is 0 Å². The molecule has 0 heterocycles. The van der Waals surface area contributed by atoms with Crippen molar-refractivity contribution in [2.75, 3.05) is 28.4 Å². The van der Waals surface area contributed by atoms with Crippen molar-refractivity contribution in [1.29, 1.82) is 0 Å². The number of hydrogen-bond donors (Lipinski definition) is 0. The Morgan fingerprint density at radius 2 is 1.05 bits per heavy atom. The normalized spacial score (nSPS) is 14.0. The summed E-state index contributed by atoms with van der Waals surface area (Å²) >= 11 is 0. The van der Waals surface area contributed by atoms with Crippen molar-refractivity contribution in [2.24, 2.45) is 0 Å². The summed E-state index contributed by atoms with van der Waals surface area (Å²) in [6.45, 7) is 4.40. The van der Waals surface area contributed by atoms with Crippen molar-refractivity contribution < 1.29 is 18.9 Å². The van der Waals surface area contributed by atoms with Gasteiger partial charge in [-0.05, 0) is 31.4 Å². The van der Waals surface area contributed by atoms with E-state index in [0.717, 1.165) is 0 Å². The molecule has 0 saturated carbocycles. The highest BCUT2D eigenvalue weighted by molar-refractivity contribution is 9.10. The molecule has 0 unspecified atom stereocenters. The molecule has 21 heavy (non-hydrogen) atoms. The van der Waals surface area contributed by atoms with Crippen LogP contribution in [0.5, 0.6) is 0 Å². The van der Waals surface area contributed by atoms with Crippen LogP contribution in [0.1, 0.15) is 26.7 Å². The molecule has 0 aliphatic carbocycles. The van der Waals surface area contributed by atoms with Gasteiger partial charge in [0.25, 0.3) is 0 Å². The van der Waals surface area contributed by atoms with Gasteiger partial charge in [0.2, 0.25) is 0 Å². The van der Waals surface area contributed by atoms with E-state index in [1.807, 2.05) is 0 Å². The average molecular weight is 391 g/mol. The fraction of sp³-hybridized carbons (Fsp3) is 1.00. The van der Waals surface area contributed by atoms with Crippen LogP contribution in [0.25, 0.3) is 0 Å². The maximum atomic E-state index is 5.65. The molecule has 4 nitrogen and oxygen atoms in total. The largest absolute Gasteiger partial charge is 0.348 e. The zero-order valence-electron chi connectivity index (χ0n) is 14.1. The molecule has 0 aromatic rings. The van der Waals surface area contributed by atoms with Gasteiger partial charge in [0, 0.05) is 28.4 Å². The molecule has 0 aliphatic heterocycles. The fourth-order valence-corrected chi connectivity index (χ4v) is 13.9. The highest BCUT2D eigenvalue weighted by Crippen LogP contribution is 2.49. The third-order valence-electron chi connectivity index (χ3n) is 3.24. The molecule has 0 atom stereocenters. The predicted octanol–water partition coefficient (Wildman–Crippen LogP) is 2.82. The molecule has 9 heteroatoms. The van der Waals surface area contributed by atoms with Gasteiger partial charge in [-0.3, -0.25) is 0 Å².